The zero-order chi connectivity index (χ0) is 10.6. The van der Waals surface area contributed by atoms with Gasteiger partial charge in [0.05, 0.1) is 0 Å². The molecule has 78 valence electrons. The molecule has 5 heteroatoms. The lowest BCUT2D eigenvalue weighted by atomic mass is 9.98. The van der Waals surface area contributed by atoms with E-state index in [4.69, 9.17) is 10.6 Å². The Kier molecular flexibility index (Phi) is 3.38. The maximum absolute atomic E-state index is 5.42. The number of nitrogens with one attached hydrogen (secondary N) is 1. The molecule has 0 aliphatic rings. The van der Waals surface area contributed by atoms with Gasteiger partial charge in [0.2, 0.25) is 0 Å². The summed E-state index contributed by atoms with van der Waals surface area (Å²) in [7, 11) is 1.65. The second kappa shape index (κ2) is 4.34. The molecule has 0 spiro atoms. The Morgan fingerprint density at radius 1 is 1.50 bits per heavy atom. The minimum Gasteiger partial charge on any atom is -0.372 e. The summed E-state index contributed by atoms with van der Waals surface area (Å²) in [4.78, 5) is 8.31. The van der Waals surface area contributed by atoms with Crippen molar-refractivity contribution < 1.29 is 4.74 Å². The molecule has 1 unspecified atom stereocenters. The Hall–Kier alpha value is -1.20. The molecular weight excluding hydrogens is 180 g/mol. The molecule has 0 saturated heterocycles. The van der Waals surface area contributed by atoms with Crippen LogP contribution in [0.15, 0.2) is 12.4 Å². The summed E-state index contributed by atoms with van der Waals surface area (Å²) in [5.41, 5.74) is 2.80. The van der Waals surface area contributed by atoms with Gasteiger partial charge in [-0.05, 0) is 13.3 Å². The third kappa shape index (κ3) is 1.83. The largest absolute Gasteiger partial charge is 0.372 e. The highest BCUT2D eigenvalue weighted by atomic mass is 16.5. The second-order valence-corrected chi connectivity index (χ2v) is 3.19. The van der Waals surface area contributed by atoms with E-state index in [1.165, 1.54) is 0 Å². The average molecular weight is 196 g/mol. The first-order valence-corrected chi connectivity index (χ1v) is 4.51. The lowest BCUT2D eigenvalue weighted by Crippen LogP contribution is -2.27. The molecule has 5 nitrogen and oxygen atoms in total. The van der Waals surface area contributed by atoms with Crippen molar-refractivity contribution in [1.29, 1.82) is 0 Å². The number of nitrogen functional groups attached to an aromatic ring is 1. The maximum atomic E-state index is 5.42. The fourth-order valence-electron chi connectivity index (χ4n) is 1.24. The first-order valence-electron chi connectivity index (χ1n) is 4.51. The van der Waals surface area contributed by atoms with Crippen LogP contribution in [0, 0.1) is 0 Å². The Bertz CT molecular complexity index is 299. The summed E-state index contributed by atoms with van der Waals surface area (Å²) in [5.74, 6) is 5.90. The van der Waals surface area contributed by atoms with Crippen molar-refractivity contribution in [2.75, 3.05) is 12.5 Å². The number of methoxy groups -OCH3 is 1. The number of hydrogen-bond donors (Lipinski definition) is 2. The smallest absolute Gasteiger partial charge is 0.164 e. The molecule has 0 aliphatic heterocycles. The Morgan fingerprint density at radius 3 is 2.64 bits per heavy atom. The van der Waals surface area contributed by atoms with Gasteiger partial charge in [-0.3, -0.25) is 4.98 Å². The van der Waals surface area contributed by atoms with Crippen molar-refractivity contribution >= 4 is 5.82 Å². The molecule has 14 heavy (non-hydrogen) atoms. The lowest BCUT2D eigenvalue weighted by molar-refractivity contribution is -0.00467. The molecule has 1 rings (SSSR count). The molecule has 0 aliphatic carbocycles. The first kappa shape index (κ1) is 10.9. The van der Waals surface area contributed by atoms with Gasteiger partial charge in [-0.15, -0.1) is 0 Å². The van der Waals surface area contributed by atoms with Gasteiger partial charge in [0.25, 0.3) is 0 Å². The van der Waals surface area contributed by atoms with E-state index in [0.717, 1.165) is 12.1 Å². The Morgan fingerprint density at radius 2 is 2.14 bits per heavy atom. The number of rotatable bonds is 4. The van der Waals surface area contributed by atoms with Gasteiger partial charge in [0.15, 0.2) is 5.82 Å². The molecule has 1 aromatic heterocycles. The van der Waals surface area contributed by atoms with Gasteiger partial charge < -0.3 is 10.2 Å². The lowest BCUT2D eigenvalue weighted by Gasteiger charge is -2.26. The van der Waals surface area contributed by atoms with Crippen LogP contribution in [0.4, 0.5) is 5.82 Å². The molecule has 0 aromatic carbocycles. The molecular formula is C9H16N4O. The van der Waals surface area contributed by atoms with E-state index in [9.17, 15) is 0 Å². The number of ether oxygens (including phenoxy) is 1. The van der Waals surface area contributed by atoms with Gasteiger partial charge in [-0.1, -0.05) is 6.92 Å². The van der Waals surface area contributed by atoms with Gasteiger partial charge in [0.1, 0.15) is 11.3 Å². The number of nitrogens with two attached hydrogens (primary N) is 1. The van der Waals surface area contributed by atoms with Crippen molar-refractivity contribution in [2.45, 2.75) is 25.9 Å². The third-order valence-electron chi connectivity index (χ3n) is 2.46. The van der Waals surface area contributed by atoms with E-state index in [2.05, 4.69) is 15.4 Å². The fourth-order valence-corrected chi connectivity index (χ4v) is 1.24. The van der Waals surface area contributed by atoms with Crippen LogP contribution in [0.3, 0.4) is 0 Å². The molecule has 0 bridgehead atoms. The van der Waals surface area contributed by atoms with Crippen LogP contribution in [-0.4, -0.2) is 17.1 Å². The molecule has 1 atom stereocenters. The minimum absolute atomic E-state index is 0.448. The summed E-state index contributed by atoms with van der Waals surface area (Å²) in [6.07, 6.45) is 4.02. The zero-order valence-corrected chi connectivity index (χ0v) is 8.74. The quantitative estimate of drug-likeness (QED) is 0.556. The van der Waals surface area contributed by atoms with Crippen molar-refractivity contribution in [2.24, 2.45) is 5.84 Å². The molecule has 3 N–H and O–H groups in total. The molecule has 0 amide bonds. The summed E-state index contributed by atoms with van der Waals surface area (Å²) < 4.78 is 5.42. The van der Waals surface area contributed by atoms with E-state index in [1.54, 1.807) is 19.5 Å². The van der Waals surface area contributed by atoms with Crippen LogP contribution >= 0.6 is 0 Å². The Balaban J connectivity index is 3.15. The highest BCUT2D eigenvalue weighted by Gasteiger charge is 2.28. The van der Waals surface area contributed by atoms with Crippen LogP contribution in [-0.2, 0) is 10.3 Å². The van der Waals surface area contributed by atoms with Crippen molar-refractivity contribution in [3.05, 3.63) is 18.1 Å². The normalized spacial score (nSPS) is 14.9. The molecule has 0 saturated carbocycles. The Labute approximate surface area is 83.7 Å². The second-order valence-electron chi connectivity index (χ2n) is 3.19. The van der Waals surface area contributed by atoms with Crippen molar-refractivity contribution in [3.63, 3.8) is 0 Å². The highest BCUT2D eigenvalue weighted by molar-refractivity contribution is 5.41. The van der Waals surface area contributed by atoms with E-state index in [0.29, 0.717) is 5.82 Å². The van der Waals surface area contributed by atoms with Crippen LogP contribution < -0.4 is 11.3 Å². The minimum atomic E-state index is -0.448. The number of anilines is 1. The maximum Gasteiger partial charge on any atom is 0.164 e. The summed E-state index contributed by atoms with van der Waals surface area (Å²) in [6.45, 7) is 3.98. The van der Waals surface area contributed by atoms with Crippen LogP contribution in [0.2, 0.25) is 0 Å². The predicted octanol–water partition coefficient (Wildman–Crippen LogP) is 1.03. The van der Waals surface area contributed by atoms with Crippen LogP contribution in [0.25, 0.3) is 0 Å². The molecule has 0 radical (unpaired) electrons. The van der Waals surface area contributed by atoms with E-state index in [-0.39, 0.29) is 0 Å². The standard InChI is InChI=1S/C9H16N4O/c1-4-9(2,14-3)7-8(13-10)12-6-5-11-7/h5-6H,4,10H2,1-3H3,(H,12,13). The monoisotopic (exact) mass is 196 g/mol. The highest BCUT2D eigenvalue weighted by Crippen LogP contribution is 2.29. The molecule has 1 heterocycles. The summed E-state index contributed by atoms with van der Waals surface area (Å²) >= 11 is 0. The summed E-state index contributed by atoms with van der Waals surface area (Å²) in [5, 5.41) is 0. The molecule has 1 aromatic rings. The zero-order valence-electron chi connectivity index (χ0n) is 8.74. The number of nitrogens with zero attached hydrogens (tertiary/aromatic N) is 2. The number of hydrazine groups is 1. The number of aromatic nitrogens is 2. The van der Waals surface area contributed by atoms with Gasteiger partial charge >= 0.3 is 0 Å². The van der Waals surface area contributed by atoms with Crippen molar-refractivity contribution in [1.82, 2.24) is 9.97 Å². The van der Waals surface area contributed by atoms with Crippen LogP contribution in [0.1, 0.15) is 26.0 Å². The van der Waals surface area contributed by atoms with Crippen LogP contribution in [0.5, 0.6) is 0 Å². The SMILES string of the molecule is CCC(C)(OC)c1nccnc1NN. The summed E-state index contributed by atoms with van der Waals surface area (Å²) in [6, 6.07) is 0. The first-order chi connectivity index (χ1) is 6.68. The topological polar surface area (TPSA) is 73.1 Å². The fraction of sp³-hybridized carbons (Fsp3) is 0.556. The average Bonchev–Trinajstić information content (AvgIpc) is 2.28. The number of hydrogen-bond acceptors (Lipinski definition) is 5. The molecule has 0 fully saturated rings. The van der Waals surface area contributed by atoms with E-state index in [1.807, 2.05) is 13.8 Å². The van der Waals surface area contributed by atoms with E-state index >= 15 is 0 Å². The van der Waals surface area contributed by atoms with Gasteiger partial charge in [-0.25, -0.2) is 10.8 Å². The van der Waals surface area contributed by atoms with E-state index < -0.39 is 5.60 Å². The predicted molar refractivity (Wildman–Crippen MR) is 54.5 cm³/mol. The third-order valence-corrected chi connectivity index (χ3v) is 2.46. The van der Waals surface area contributed by atoms with Gasteiger partial charge in [-0.2, -0.15) is 0 Å². The van der Waals surface area contributed by atoms with Gasteiger partial charge in [0, 0.05) is 19.5 Å². The van der Waals surface area contributed by atoms with Crippen molar-refractivity contribution in [3.8, 4) is 0 Å².